The minimum atomic E-state index is 0.440. The molecule has 0 atom stereocenters. The van der Waals surface area contributed by atoms with Crippen LogP contribution in [0.5, 0.6) is 5.75 Å². The van der Waals surface area contributed by atoms with Crippen LogP contribution in [0.4, 0.5) is 10.8 Å². The monoisotopic (exact) mass is 361 g/mol. The van der Waals surface area contributed by atoms with Crippen LogP contribution < -0.4 is 10.1 Å². The summed E-state index contributed by atoms with van der Waals surface area (Å²) >= 11 is 1.43. The van der Waals surface area contributed by atoms with Crippen LogP contribution in [0, 0.1) is 0 Å². The molecule has 0 aliphatic carbocycles. The number of ether oxygens (including phenoxy) is 1. The molecular weight excluding hydrogens is 346 g/mol. The zero-order chi connectivity index (χ0) is 17.6. The first-order chi connectivity index (χ1) is 12.9. The molecule has 1 aromatic carbocycles. The lowest BCUT2D eigenvalue weighted by atomic mass is 10.3. The molecule has 0 aliphatic heterocycles. The Morgan fingerprint density at radius 1 is 0.885 bits per heavy atom. The second-order valence-corrected chi connectivity index (χ2v) is 6.38. The summed E-state index contributed by atoms with van der Waals surface area (Å²) in [6, 6.07) is 17.4. The zero-order valence-corrected chi connectivity index (χ0v) is 14.6. The van der Waals surface area contributed by atoms with Gasteiger partial charge in [-0.3, -0.25) is 4.98 Å². The van der Waals surface area contributed by atoms with Gasteiger partial charge in [-0.2, -0.15) is 0 Å². The van der Waals surface area contributed by atoms with Crippen molar-refractivity contribution >= 4 is 22.2 Å². The van der Waals surface area contributed by atoms with Gasteiger partial charge in [0.1, 0.15) is 18.1 Å². The summed E-state index contributed by atoms with van der Waals surface area (Å²) < 4.78 is 5.93. The van der Waals surface area contributed by atoms with Gasteiger partial charge in [0.25, 0.3) is 0 Å². The average molecular weight is 361 g/mol. The van der Waals surface area contributed by atoms with Crippen molar-refractivity contribution in [2.45, 2.75) is 6.61 Å². The fraction of sp³-hybridized carbons (Fsp3) is 0.0526. The lowest BCUT2D eigenvalue weighted by molar-refractivity contribution is 0.306. The molecule has 0 unspecified atom stereocenters. The maximum Gasteiger partial charge on any atom is 0.210 e. The number of pyridine rings is 2. The van der Waals surface area contributed by atoms with E-state index in [4.69, 9.17) is 4.74 Å². The van der Waals surface area contributed by atoms with Gasteiger partial charge >= 0.3 is 0 Å². The number of hydrogen-bond donors (Lipinski definition) is 1. The molecule has 0 amide bonds. The first kappa shape index (κ1) is 16.2. The van der Waals surface area contributed by atoms with E-state index < -0.39 is 0 Å². The van der Waals surface area contributed by atoms with Gasteiger partial charge in [0.05, 0.1) is 0 Å². The van der Waals surface area contributed by atoms with Gasteiger partial charge in [0.15, 0.2) is 5.01 Å². The Labute approximate surface area is 154 Å². The van der Waals surface area contributed by atoms with Crippen molar-refractivity contribution < 1.29 is 4.74 Å². The predicted molar refractivity (Wildman–Crippen MR) is 101 cm³/mol. The van der Waals surface area contributed by atoms with Crippen molar-refractivity contribution in [3.63, 3.8) is 0 Å². The van der Waals surface area contributed by atoms with Crippen LogP contribution in [-0.2, 0) is 6.61 Å². The van der Waals surface area contributed by atoms with Crippen LogP contribution in [-0.4, -0.2) is 20.2 Å². The van der Waals surface area contributed by atoms with E-state index in [-0.39, 0.29) is 0 Å². The van der Waals surface area contributed by atoms with E-state index >= 15 is 0 Å². The third-order valence-electron chi connectivity index (χ3n) is 3.57. The third-order valence-corrected chi connectivity index (χ3v) is 4.41. The Morgan fingerprint density at radius 2 is 1.73 bits per heavy atom. The second kappa shape index (κ2) is 7.71. The zero-order valence-electron chi connectivity index (χ0n) is 13.7. The van der Waals surface area contributed by atoms with Gasteiger partial charge in [-0.1, -0.05) is 29.5 Å². The smallest absolute Gasteiger partial charge is 0.210 e. The normalized spacial score (nSPS) is 10.5. The van der Waals surface area contributed by atoms with Crippen molar-refractivity contribution in [3.05, 3.63) is 78.8 Å². The largest absolute Gasteiger partial charge is 0.487 e. The fourth-order valence-electron chi connectivity index (χ4n) is 2.32. The summed E-state index contributed by atoms with van der Waals surface area (Å²) in [6.45, 7) is 0.440. The molecule has 6 nitrogen and oxygen atoms in total. The molecule has 0 bridgehead atoms. The van der Waals surface area contributed by atoms with Gasteiger partial charge in [-0.25, -0.2) is 4.98 Å². The number of aromatic nitrogens is 4. The van der Waals surface area contributed by atoms with Crippen LogP contribution in [0.3, 0.4) is 0 Å². The highest BCUT2D eigenvalue weighted by atomic mass is 32.1. The minimum absolute atomic E-state index is 0.440. The number of nitrogens with one attached hydrogen (secondary N) is 1. The van der Waals surface area contributed by atoms with Gasteiger partial charge in [0.2, 0.25) is 5.13 Å². The van der Waals surface area contributed by atoms with E-state index in [1.807, 2.05) is 54.6 Å². The molecule has 1 N–H and O–H groups in total. The molecule has 26 heavy (non-hydrogen) atoms. The van der Waals surface area contributed by atoms with Crippen LogP contribution in [0.2, 0.25) is 0 Å². The molecule has 4 rings (SSSR count). The quantitative estimate of drug-likeness (QED) is 0.551. The number of nitrogens with zero attached hydrogens (tertiary/aromatic N) is 4. The molecule has 0 spiro atoms. The van der Waals surface area contributed by atoms with Crippen molar-refractivity contribution in [1.82, 2.24) is 20.2 Å². The maximum absolute atomic E-state index is 5.93. The number of hydrogen-bond acceptors (Lipinski definition) is 7. The summed E-state index contributed by atoms with van der Waals surface area (Å²) in [5.74, 6) is 0.673. The first-order valence-corrected chi connectivity index (χ1v) is 8.83. The topological polar surface area (TPSA) is 72.8 Å². The molecule has 4 aromatic rings. The fourth-order valence-corrected chi connectivity index (χ4v) is 3.09. The van der Waals surface area contributed by atoms with Gasteiger partial charge < -0.3 is 10.1 Å². The standard InChI is InChI=1S/C19H15N5OS/c1-2-5-15(6-3-1)22-19-24-23-18(26-19)17-16(7-4-10-21-17)25-13-14-8-11-20-12-9-14/h1-12H,13H2,(H,22,24). The number of benzene rings is 1. The Bertz CT molecular complexity index is 975. The van der Waals surface area contributed by atoms with Crippen LogP contribution in [0.15, 0.2) is 73.2 Å². The summed E-state index contributed by atoms with van der Waals surface area (Å²) in [4.78, 5) is 8.44. The van der Waals surface area contributed by atoms with Crippen LogP contribution in [0.25, 0.3) is 10.7 Å². The summed E-state index contributed by atoms with van der Waals surface area (Å²) in [6.07, 6.45) is 5.21. The van der Waals surface area contributed by atoms with Crippen LogP contribution >= 0.6 is 11.3 Å². The third kappa shape index (κ3) is 3.84. The molecule has 7 heteroatoms. The predicted octanol–water partition coefficient (Wildman–Crippen LogP) is 4.32. The minimum Gasteiger partial charge on any atom is -0.487 e. The SMILES string of the molecule is c1ccc(Nc2nnc(-c3ncccc3OCc3ccncc3)s2)cc1. The van der Waals surface area contributed by atoms with Crippen molar-refractivity contribution in [2.75, 3.05) is 5.32 Å². The Balaban J connectivity index is 1.53. The number of rotatable bonds is 6. The Hall–Kier alpha value is -3.32. The Kier molecular flexibility index (Phi) is 4.79. The lowest BCUT2D eigenvalue weighted by Gasteiger charge is -2.08. The molecule has 3 aromatic heterocycles. The highest BCUT2D eigenvalue weighted by Gasteiger charge is 2.13. The first-order valence-electron chi connectivity index (χ1n) is 8.01. The van der Waals surface area contributed by atoms with E-state index in [0.29, 0.717) is 28.2 Å². The highest BCUT2D eigenvalue weighted by molar-refractivity contribution is 7.18. The Morgan fingerprint density at radius 3 is 2.58 bits per heavy atom. The number of para-hydroxylation sites is 1. The number of anilines is 2. The van der Waals surface area contributed by atoms with E-state index in [1.165, 1.54) is 11.3 Å². The summed E-state index contributed by atoms with van der Waals surface area (Å²) in [5, 5.41) is 13.1. The molecule has 0 aliphatic rings. The second-order valence-electron chi connectivity index (χ2n) is 5.40. The van der Waals surface area contributed by atoms with Crippen molar-refractivity contribution in [1.29, 1.82) is 0 Å². The molecule has 3 heterocycles. The molecule has 128 valence electrons. The van der Waals surface area contributed by atoms with E-state index in [9.17, 15) is 0 Å². The van der Waals surface area contributed by atoms with E-state index in [2.05, 4.69) is 25.5 Å². The van der Waals surface area contributed by atoms with Crippen molar-refractivity contribution in [3.8, 4) is 16.5 Å². The molecule has 0 fully saturated rings. The van der Waals surface area contributed by atoms with E-state index in [0.717, 1.165) is 11.3 Å². The maximum atomic E-state index is 5.93. The average Bonchev–Trinajstić information content (AvgIpc) is 3.16. The highest BCUT2D eigenvalue weighted by Crippen LogP contribution is 2.33. The van der Waals surface area contributed by atoms with Gasteiger partial charge in [-0.05, 0) is 42.0 Å². The van der Waals surface area contributed by atoms with Gasteiger partial charge in [-0.15, -0.1) is 10.2 Å². The molecule has 0 saturated heterocycles. The van der Waals surface area contributed by atoms with Gasteiger partial charge in [0, 0.05) is 24.3 Å². The summed E-state index contributed by atoms with van der Waals surface area (Å²) in [7, 11) is 0. The summed E-state index contributed by atoms with van der Waals surface area (Å²) in [5.41, 5.74) is 2.68. The molecule has 0 saturated carbocycles. The van der Waals surface area contributed by atoms with E-state index in [1.54, 1.807) is 18.6 Å². The molecule has 0 radical (unpaired) electrons. The van der Waals surface area contributed by atoms with Crippen molar-refractivity contribution in [2.24, 2.45) is 0 Å². The lowest BCUT2D eigenvalue weighted by Crippen LogP contribution is -1.98. The van der Waals surface area contributed by atoms with Crippen LogP contribution in [0.1, 0.15) is 5.56 Å². The molecular formula is C19H15N5OS.